The summed E-state index contributed by atoms with van der Waals surface area (Å²) in [6.45, 7) is 4.44. The Hall–Kier alpha value is -3.12. The number of nitrogens with zero attached hydrogens (tertiary/aromatic N) is 3. The minimum atomic E-state index is 0.0260. The number of para-hydroxylation sites is 1. The van der Waals surface area contributed by atoms with Crippen LogP contribution in [-0.2, 0) is 22.7 Å². The number of nitrogens with one attached hydrogen (secondary N) is 1. The Bertz CT molecular complexity index is 991. The number of hydrogen-bond donors (Lipinski definition) is 1. The fourth-order valence-electron chi connectivity index (χ4n) is 3.92. The number of carbonyl (C=O) groups is 2. The first-order valence-electron chi connectivity index (χ1n) is 10.5. The number of hydrogen-bond acceptors (Lipinski definition) is 3. The Morgan fingerprint density at radius 2 is 1.60 bits per heavy atom. The molecular weight excluding hydrogens is 376 g/mol. The van der Waals surface area contributed by atoms with Crippen LogP contribution in [0.2, 0.25) is 0 Å². The smallest absolute Gasteiger partial charge is 0.234 e. The number of benzene rings is 2. The zero-order valence-corrected chi connectivity index (χ0v) is 17.2. The van der Waals surface area contributed by atoms with E-state index >= 15 is 0 Å². The maximum Gasteiger partial charge on any atom is 0.234 e. The molecule has 4 rings (SSSR count). The second kappa shape index (κ2) is 9.59. The average molecular weight is 405 g/mol. The lowest BCUT2D eigenvalue weighted by Gasteiger charge is -2.34. The van der Waals surface area contributed by atoms with Crippen LogP contribution in [0.5, 0.6) is 0 Å². The highest BCUT2D eigenvalue weighted by molar-refractivity contribution is 5.81. The van der Waals surface area contributed by atoms with E-state index in [0.29, 0.717) is 39.1 Å². The molecule has 1 fully saturated rings. The van der Waals surface area contributed by atoms with Gasteiger partial charge in [-0.15, -0.1) is 0 Å². The molecule has 1 aromatic heterocycles. The van der Waals surface area contributed by atoms with Crippen LogP contribution in [-0.4, -0.2) is 58.9 Å². The zero-order valence-electron chi connectivity index (χ0n) is 17.2. The fourth-order valence-corrected chi connectivity index (χ4v) is 3.92. The summed E-state index contributed by atoms with van der Waals surface area (Å²) in [5.74, 6) is 0.207. The summed E-state index contributed by atoms with van der Waals surface area (Å²) < 4.78 is 2.14. The van der Waals surface area contributed by atoms with Gasteiger partial charge in [0.25, 0.3) is 0 Å². The number of aryl methyl sites for hydroxylation is 1. The molecule has 156 valence electrons. The molecule has 1 saturated heterocycles. The molecule has 1 aliphatic heterocycles. The minimum Gasteiger partial charge on any atom is -0.351 e. The van der Waals surface area contributed by atoms with Gasteiger partial charge in [0.05, 0.1) is 6.54 Å². The molecule has 3 aromatic rings. The maximum atomic E-state index is 12.6. The van der Waals surface area contributed by atoms with E-state index in [2.05, 4.69) is 33.0 Å². The number of carbonyl (C=O) groups excluding carboxylic acids is 2. The molecule has 0 aliphatic carbocycles. The van der Waals surface area contributed by atoms with Crippen molar-refractivity contribution in [3.05, 3.63) is 72.4 Å². The van der Waals surface area contributed by atoms with E-state index in [9.17, 15) is 9.59 Å². The van der Waals surface area contributed by atoms with Crippen LogP contribution in [0.25, 0.3) is 10.9 Å². The molecule has 2 heterocycles. The topological polar surface area (TPSA) is 57.6 Å². The summed E-state index contributed by atoms with van der Waals surface area (Å²) in [6.07, 6.45) is 2.54. The molecule has 0 bridgehead atoms. The maximum absolute atomic E-state index is 12.6. The second-order valence-corrected chi connectivity index (χ2v) is 7.74. The van der Waals surface area contributed by atoms with Crippen molar-refractivity contribution in [3.63, 3.8) is 0 Å². The summed E-state index contributed by atoms with van der Waals surface area (Å²) in [5.41, 5.74) is 2.26. The quantitative estimate of drug-likeness (QED) is 0.658. The van der Waals surface area contributed by atoms with Crippen molar-refractivity contribution in [1.29, 1.82) is 0 Å². The highest BCUT2D eigenvalue weighted by atomic mass is 16.2. The van der Waals surface area contributed by atoms with Gasteiger partial charge < -0.3 is 14.8 Å². The van der Waals surface area contributed by atoms with Crippen LogP contribution >= 0.6 is 0 Å². The number of piperazine rings is 1. The lowest BCUT2D eigenvalue weighted by atomic mass is 10.2. The Balaban J connectivity index is 1.18. The summed E-state index contributed by atoms with van der Waals surface area (Å²) >= 11 is 0. The van der Waals surface area contributed by atoms with Crippen molar-refractivity contribution in [2.75, 3.05) is 32.7 Å². The van der Waals surface area contributed by atoms with Crippen molar-refractivity contribution in [3.8, 4) is 0 Å². The molecular formula is C24H28N4O2. The SMILES string of the molecule is O=C(CN1CCN(C(=O)CCn2ccc3ccccc32)CC1)NCc1ccccc1. The van der Waals surface area contributed by atoms with Crippen molar-refractivity contribution in [2.24, 2.45) is 0 Å². The number of fused-ring (bicyclic) bond motifs is 1. The molecule has 0 spiro atoms. The molecule has 2 aromatic carbocycles. The van der Waals surface area contributed by atoms with Crippen molar-refractivity contribution < 1.29 is 9.59 Å². The molecule has 6 heteroatoms. The summed E-state index contributed by atoms with van der Waals surface area (Å²) in [5, 5.41) is 4.17. The van der Waals surface area contributed by atoms with Crippen molar-refractivity contribution in [1.82, 2.24) is 19.7 Å². The van der Waals surface area contributed by atoms with Gasteiger partial charge in [0, 0.05) is 57.4 Å². The van der Waals surface area contributed by atoms with Crippen LogP contribution in [0, 0.1) is 0 Å². The highest BCUT2D eigenvalue weighted by Crippen LogP contribution is 2.16. The number of amides is 2. The van der Waals surface area contributed by atoms with Crippen LogP contribution in [0.1, 0.15) is 12.0 Å². The first-order valence-corrected chi connectivity index (χ1v) is 10.5. The largest absolute Gasteiger partial charge is 0.351 e. The normalized spacial score (nSPS) is 14.7. The second-order valence-electron chi connectivity index (χ2n) is 7.74. The van der Waals surface area contributed by atoms with Crippen molar-refractivity contribution >= 4 is 22.7 Å². The van der Waals surface area contributed by atoms with Crippen LogP contribution in [0.15, 0.2) is 66.9 Å². The molecule has 2 amide bonds. The molecule has 0 unspecified atom stereocenters. The van der Waals surface area contributed by atoms with Crippen LogP contribution in [0.3, 0.4) is 0 Å². The molecule has 30 heavy (non-hydrogen) atoms. The van der Waals surface area contributed by atoms with E-state index in [4.69, 9.17) is 0 Å². The van der Waals surface area contributed by atoms with E-state index in [-0.39, 0.29) is 11.8 Å². The zero-order chi connectivity index (χ0) is 20.8. The Kier molecular flexibility index (Phi) is 6.44. The first-order chi connectivity index (χ1) is 14.7. The third-order valence-electron chi connectivity index (χ3n) is 5.67. The van der Waals surface area contributed by atoms with E-state index in [0.717, 1.165) is 24.2 Å². The Morgan fingerprint density at radius 3 is 2.40 bits per heavy atom. The molecule has 0 atom stereocenters. The Labute approximate surface area is 177 Å². The van der Waals surface area contributed by atoms with Gasteiger partial charge in [0.15, 0.2) is 0 Å². The number of rotatable bonds is 7. The first kappa shape index (κ1) is 20.2. The summed E-state index contributed by atoms with van der Waals surface area (Å²) in [4.78, 5) is 28.9. The van der Waals surface area contributed by atoms with E-state index < -0.39 is 0 Å². The number of aromatic nitrogens is 1. The van der Waals surface area contributed by atoms with Crippen LogP contribution in [0.4, 0.5) is 0 Å². The monoisotopic (exact) mass is 404 g/mol. The van der Waals surface area contributed by atoms with Gasteiger partial charge in [-0.05, 0) is 23.1 Å². The van der Waals surface area contributed by atoms with Gasteiger partial charge in [-0.3, -0.25) is 14.5 Å². The van der Waals surface area contributed by atoms with Gasteiger partial charge in [-0.25, -0.2) is 0 Å². The predicted molar refractivity (Wildman–Crippen MR) is 118 cm³/mol. The molecule has 1 aliphatic rings. The van der Waals surface area contributed by atoms with Gasteiger partial charge >= 0.3 is 0 Å². The average Bonchev–Trinajstić information content (AvgIpc) is 3.20. The van der Waals surface area contributed by atoms with Gasteiger partial charge in [-0.1, -0.05) is 48.5 Å². The van der Waals surface area contributed by atoms with E-state index in [1.165, 1.54) is 5.39 Å². The third-order valence-corrected chi connectivity index (χ3v) is 5.67. The van der Waals surface area contributed by atoms with E-state index in [1.807, 2.05) is 53.6 Å². The van der Waals surface area contributed by atoms with Crippen LogP contribution < -0.4 is 5.32 Å². The molecule has 6 nitrogen and oxygen atoms in total. The Morgan fingerprint density at radius 1 is 0.867 bits per heavy atom. The van der Waals surface area contributed by atoms with E-state index in [1.54, 1.807) is 0 Å². The van der Waals surface area contributed by atoms with Gasteiger partial charge in [0.1, 0.15) is 0 Å². The summed E-state index contributed by atoms with van der Waals surface area (Å²) in [7, 11) is 0. The van der Waals surface area contributed by atoms with Gasteiger partial charge in [0.2, 0.25) is 11.8 Å². The summed E-state index contributed by atoms with van der Waals surface area (Å²) in [6, 6.07) is 20.2. The fraction of sp³-hybridized carbons (Fsp3) is 0.333. The minimum absolute atomic E-state index is 0.0260. The predicted octanol–water partition coefficient (Wildman–Crippen LogP) is 2.49. The van der Waals surface area contributed by atoms with Crippen molar-refractivity contribution in [2.45, 2.75) is 19.5 Å². The third kappa shape index (κ3) is 5.07. The lowest BCUT2D eigenvalue weighted by molar-refractivity contribution is -0.133. The standard InChI is InChI=1S/C24H28N4O2/c29-23(25-18-20-6-2-1-3-7-20)19-26-14-16-28(17-15-26)24(30)11-13-27-12-10-21-8-4-5-9-22(21)27/h1-10,12H,11,13-19H2,(H,25,29). The molecule has 1 N–H and O–H groups in total. The lowest BCUT2D eigenvalue weighted by Crippen LogP contribution is -2.51. The van der Waals surface area contributed by atoms with Gasteiger partial charge in [-0.2, -0.15) is 0 Å². The molecule has 0 saturated carbocycles. The highest BCUT2D eigenvalue weighted by Gasteiger charge is 2.22. The molecule has 0 radical (unpaired) electrons.